The van der Waals surface area contributed by atoms with Gasteiger partial charge in [-0.05, 0) is 0 Å². The van der Waals surface area contributed by atoms with Gasteiger partial charge in [0.15, 0.2) is 0 Å². The predicted octanol–water partition coefficient (Wildman–Crippen LogP) is -0.153. The van der Waals surface area contributed by atoms with E-state index in [4.69, 9.17) is 5.73 Å². The number of hydrogen-bond donors (Lipinski definition) is 1. The fourth-order valence-corrected chi connectivity index (χ4v) is 0.237. The second-order valence-corrected chi connectivity index (χ2v) is 1.31. The van der Waals surface area contributed by atoms with Crippen LogP contribution in [0.1, 0.15) is 0 Å². The highest BCUT2D eigenvalue weighted by Gasteiger charge is 2.03. The largest absolute Gasteiger partial charge is 0.328 e. The van der Waals surface area contributed by atoms with E-state index in [9.17, 15) is 9.81 Å². The number of nitroso groups, excluding NO2 is 2. The molecule has 0 amide bonds. The average Bonchev–Trinajstić information content (AvgIpc) is 1.83. The summed E-state index contributed by atoms with van der Waals surface area (Å²) in [5.41, 5.74) is 4.98. The maximum Gasteiger partial charge on any atom is 0.127 e. The van der Waals surface area contributed by atoms with Crippen LogP contribution in [0.25, 0.3) is 0 Å². The summed E-state index contributed by atoms with van der Waals surface area (Å²) < 4.78 is 0. The Hall–Kier alpha value is -0.840. The van der Waals surface area contributed by atoms with Crippen LogP contribution in [0.4, 0.5) is 0 Å². The fraction of sp³-hybridized carbons (Fsp3) is 1.00. The molecule has 46 valence electrons. The molecular weight excluding hydrogens is 110 g/mol. The molecule has 0 aromatic rings. The second kappa shape index (κ2) is 4.32. The first-order valence-electron chi connectivity index (χ1n) is 2.16. The van der Waals surface area contributed by atoms with Gasteiger partial charge in [0, 0.05) is 6.54 Å². The summed E-state index contributed by atoms with van der Waals surface area (Å²) in [5.74, 6) is 0. The average molecular weight is 117 g/mol. The molecule has 5 heteroatoms. The smallest absolute Gasteiger partial charge is 0.127 e. The van der Waals surface area contributed by atoms with E-state index < -0.39 is 6.04 Å². The summed E-state index contributed by atoms with van der Waals surface area (Å²) in [6.45, 7) is -0.0186. The zero-order chi connectivity index (χ0) is 6.41. The van der Waals surface area contributed by atoms with Crippen molar-refractivity contribution in [3.05, 3.63) is 9.81 Å². The predicted molar refractivity (Wildman–Crippen MR) is 29.3 cm³/mol. The molecule has 1 atom stereocenters. The molecule has 0 saturated carbocycles. The van der Waals surface area contributed by atoms with Crippen LogP contribution in [-0.2, 0) is 0 Å². The lowest BCUT2D eigenvalue weighted by atomic mass is 10.3. The van der Waals surface area contributed by atoms with E-state index in [-0.39, 0.29) is 13.1 Å². The van der Waals surface area contributed by atoms with Crippen LogP contribution in [0, 0.1) is 9.81 Å². The van der Waals surface area contributed by atoms with Crippen molar-refractivity contribution in [1.29, 1.82) is 0 Å². The van der Waals surface area contributed by atoms with Crippen molar-refractivity contribution in [3.63, 3.8) is 0 Å². The van der Waals surface area contributed by atoms with E-state index in [1.807, 2.05) is 0 Å². The summed E-state index contributed by atoms with van der Waals surface area (Å²) in [6.07, 6.45) is 0. The lowest BCUT2D eigenvalue weighted by Crippen LogP contribution is -2.20. The highest BCUT2D eigenvalue weighted by Crippen LogP contribution is 1.85. The van der Waals surface area contributed by atoms with Gasteiger partial charge in [-0.25, -0.2) is 0 Å². The third-order valence-corrected chi connectivity index (χ3v) is 0.706. The molecule has 5 nitrogen and oxygen atoms in total. The van der Waals surface area contributed by atoms with Crippen molar-refractivity contribution in [3.8, 4) is 0 Å². The molecule has 0 spiro atoms. The molecule has 0 aliphatic carbocycles. The van der Waals surface area contributed by atoms with E-state index >= 15 is 0 Å². The molecule has 0 aromatic carbocycles. The zero-order valence-electron chi connectivity index (χ0n) is 4.28. The van der Waals surface area contributed by atoms with E-state index in [0.29, 0.717) is 0 Å². The van der Waals surface area contributed by atoms with Gasteiger partial charge in [-0.15, -0.1) is 0 Å². The Bertz CT molecular complexity index is 84.6. The Morgan fingerprint density at radius 1 is 1.50 bits per heavy atom. The van der Waals surface area contributed by atoms with Crippen LogP contribution in [0.5, 0.6) is 0 Å². The fourth-order valence-electron chi connectivity index (χ4n) is 0.237. The van der Waals surface area contributed by atoms with Gasteiger partial charge < -0.3 is 5.73 Å². The Morgan fingerprint density at radius 2 is 2.12 bits per heavy atom. The number of rotatable bonds is 4. The minimum atomic E-state index is -0.632. The highest BCUT2D eigenvalue weighted by atomic mass is 16.3. The number of nitrogens with two attached hydrogens (primary N) is 1. The zero-order valence-corrected chi connectivity index (χ0v) is 4.28. The van der Waals surface area contributed by atoms with Crippen molar-refractivity contribution in [2.45, 2.75) is 6.04 Å². The van der Waals surface area contributed by atoms with E-state index in [1.54, 1.807) is 0 Å². The van der Waals surface area contributed by atoms with E-state index in [0.717, 1.165) is 0 Å². The lowest BCUT2D eigenvalue weighted by molar-refractivity contribution is 0.688. The summed E-state index contributed by atoms with van der Waals surface area (Å²) in [7, 11) is 0. The monoisotopic (exact) mass is 117 g/mol. The van der Waals surface area contributed by atoms with Crippen LogP contribution < -0.4 is 5.73 Å². The van der Waals surface area contributed by atoms with Gasteiger partial charge in [0.25, 0.3) is 0 Å². The van der Waals surface area contributed by atoms with Crippen LogP contribution in [0.15, 0.2) is 10.4 Å². The number of nitrogens with zero attached hydrogens (tertiary/aromatic N) is 2. The molecule has 0 heterocycles. The lowest BCUT2D eigenvalue weighted by Gasteiger charge is -1.94. The van der Waals surface area contributed by atoms with Gasteiger partial charge in [-0.2, -0.15) is 9.81 Å². The molecule has 0 aromatic heterocycles. The van der Waals surface area contributed by atoms with E-state index in [2.05, 4.69) is 10.4 Å². The van der Waals surface area contributed by atoms with Crippen molar-refractivity contribution >= 4 is 0 Å². The summed E-state index contributed by atoms with van der Waals surface area (Å²) in [6, 6.07) is -0.632. The molecule has 8 heavy (non-hydrogen) atoms. The quantitative estimate of drug-likeness (QED) is 0.519. The van der Waals surface area contributed by atoms with Crippen molar-refractivity contribution in [1.82, 2.24) is 0 Å². The normalized spacial score (nSPS) is 12.6. The van der Waals surface area contributed by atoms with Crippen LogP contribution in [0.3, 0.4) is 0 Å². The van der Waals surface area contributed by atoms with Crippen LogP contribution in [-0.4, -0.2) is 19.1 Å². The van der Waals surface area contributed by atoms with E-state index in [1.165, 1.54) is 0 Å². The van der Waals surface area contributed by atoms with Gasteiger partial charge in [-0.3, -0.25) is 0 Å². The molecule has 0 radical (unpaired) electrons. The Kier molecular flexibility index (Phi) is 3.87. The molecule has 0 aliphatic rings. The van der Waals surface area contributed by atoms with Gasteiger partial charge in [-0.1, -0.05) is 10.4 Å². The Labute approximate surface area is 46.2 Å². The van der Waals surface area contributed by atoms with Gasteiger partial charge in [0.05, 0.1) is 0 Å². The first kappa shape index (κ1) is 7.16. The third kappa shape index (κ3) is 2.35. The van der Waals surface area contributed by atoms with Crippen molar-refractivity contribution in [2.75, 3.05) is 13.1 Å². The van der Waals surface area contributed by atoms with Crippen molar-refractivity contribution in [2.24, 2.45) is 16.1 Å². The molecule has 0 fully saturated rings. The topological polar surface area (TPSA) is 84.9 Å². The Morgan fingerprint density at radius 3 is 2.25 bits per heavy atom. The second-order valence-electron chi connectivity index (χ2n) is 1.31. The molecule has 2 N–H and O–H groups in total. The first-order valence-corrected chi connectivity index (χ1v) is 2.16. The molecule has 0 rings (SSSR count). The third-order valence-electron chi connectivity index (χ3n) is 0.706. The number of hydrogen-bond acceptors (Lipinski definition) is 5. The van der Waals surface area contributed by atoms with Crippen LogP contribution >= 0.6 is 0 Å². The van der Waals surface area contributed by atoms with Gasteiger partial charge in [0.1, 0.15) is 12.6 Å². The first-order chi connectivity index (χ1) is 3.85. The minimum absolute atomic E-state index is 0.0925. The van der Waals surface area contributed by atoms with Gasteiger partial charge in [0.2, 0.25) is 0 Å². The van der Waals surface area contributed by atoms with Gasteiger partial charge >= 0.3 is 0 Å². The Balaban J connectivity index is 3.35. The summed E-state index contributed by atoms with van der Waals surface area (Å²) in [4.78, 5) is 19.0. The van der Waals surface area contributed by atoms with Crippen molar-refractivity contribution < 1.29 is 0 Å². The minimum Gasteiger partial charge on any atom is -0.328 e. The summed E-state index contributed by atoms with van der Waals surface area (Å²) in [5, 5.41) is 4.98. The molecule has 1 unspecified atom stereocenters. The maximum absolute atomic E-state index is 9.60. The highest BCUT2D eigenvalue weighted by molar-refractivity contribution is 4.67. The maximum atomic E-state index is 9.60. The van der Waals surface area contributed by atoms with Crippen LogP contribution in [0.2, 0.25) is 0 Å². The molecule has 0 bridgehead atoms. The molecule has 0 aliphatic heterocycles. The molecular formula is C3H7N3O2. The summed E-state index contributed by atoms with van der Waals surface area (Å²) >= 11 is 0. The molecule has 0 saturated heterocycles. The standard InChI is InChI=1S/C3H7N3O2/c4-1-3(6-8)2-5-7/h3H,1-2,4H2. The SMILES string of the molecule is NCC(CN=O)N=O.